The Bertz CT molecular complexity index is 2830. The summed E-state index contributed by atoms with van der Waals surface area (Å²) in [6, 6.07) is 13.7. The Morgan fingerprint density at radius 2 is 0.864 bits per heavy atom. The van der Waals surface area contributed by atoms with Crippen LogP contribution in [0.25, 0.3) is 0 Å². The van der Waals surface area contributed by atoms with E-state index in [-0.39, 0.29) is 79.7 Å². The van der Waals surface area contributed by atoms with Crippen molar-refractivity contribution in [3.05, 3.63) is 135 Å². The molecule has 4 N–H and O–H groups in total. The highest BCUT2D eigenvalue weighted by molar-refractivity contribution is 6.46. The van der Waals surface area contributed by atoms with Crippen molar-refractivity contribution < 1.29 is 28.8 Å². The molecule has 0 saturated heterocycles. The average Bonchev–Trinajstić information content (AvgIpc) is 3.24. The zero-order chi connectivity index (χ0) is 48.6. The second-order valence-electron chi connectivity index (χ2n) is 14.1. The van der Waals surface area contributed by atoms with Crippen molar-refractivity contribution >= 4 is 162 Å². The molecular formula is C44H34Cl8N8O6. The van der Waals surface area contributed by atoms with Gasteiger partial charge in [0.25, 0.3) is 23.6 Å². The van der Waals surface area contributed by atoms with Gasteiger partial charge in [-0.2, -0.15) is 20.5 Å². The Labute approximate surface area is 417 Å². The fourth-order valence-electron chi connectivity index (χ4n) is 6.05. The van der Waals surface area contributed by atoms with Gasteiger partial charge in [-0.25, -0.2) is 0 Å². The summed E-state index contributed by atoms with van der Waals surface area (Å²) in [5.74, 6) is -4.20. The topological polar surface area (TPSA) is 200 Å². The number of carbonyl (C=O) groups excluding carboxylic acids is 6. The number of hydrogen-bond donors (Lipinski definition) is 4. The molecule has 5 rings (SSSR count). The summed E-state index contributed by atoms with van der Waals surface area (Å²) in [6.45, 7) is 5.95. The summed E-state index contributed by atoms with van der Waals surface area (Å²) in [5, 5.41) is 27.8. The molecule has 22 heteroatoms. The Morgan fingerprint density at radius 1 is 0.485 bits per heavy atom. The second kappa shape index (κ2) is 23.0. The first-order valence-electron chi connectivity index (χ1n) is 19.3. The average molecular weight is 1050 g/mol. The standard InChI is InChI=1S/C44H34Cl8N8O6/c1-5-21-9-29(53-43(65)38(19(3)61)59-57-30-11-23(7-25(45)13-30)41(63)54-34-17-27(47)15-32(49)36(34)51)10-22(6-2)40(21)56-44(66)39(20(4)62)60-58-31-12-24(8-26(46)14-31)42(64)55-35-18-28(48)16-33(50)37(35)52/h7-18,38-39H,5-6H2,1-4H3,(H,53,65)(H,54,63)(H,55,64)(H,56,66). The number of aryl methyl sites for hydroxylation is 2. The van der Waals surface area contributed by atoms with Crippen LogP contribution in [0.5, 0.6) is 0 Å². The molecule has 0 saturated carbocycles. The van der Waals surface area contributed by atoms with Gasteiger partial charge in [0.1, 0.15) is 0 Å². The Kier molecular flexibility index (Phi) is 18.1. The highest BCUT2D eigenvalue weighted by Gasteiger charge is 2.27. The highest BCUT2D eigenvalue weighted by Crippen LogP contribution is 2.36. The molecule has 5 aromatic carbocycles. The van der Waals surface area contributed by atoms with Crippen LogP contribution in [0.15, 0.2) is 93.3 Å². The fraction of sp³-hybridized carbons (Fsp3) is 0.182. The second-order valence-corrected chi connectivity index (χ2v) is 17.4. The Balaban J connectivity index is 1.32. The van der Waals surface area contributed by atoms with E-state index in [4.69, 9.17) is 92.8 Å². The number of hydrogen-bond acceptors (Lipinski definition) is 10. The van der Waals surface area contributed by atoms with Gasteiger partial charge in [0.15, 0.2) is 11.6 Å². The summed E-state index contributed by atoms with van der Waals surface area (Å²) in [5.41, 5.74) is 2.27. The molecule has 0 spiro atoms. The number of Topliss-reactive ketones (excluding diaryl/α,β-unsaturated/α-hetero) is 2. The van der Waals surface area contributed by atoms with Gasteiger partial charge in [0.05, 0.1) is 42.8 Å². The van der Waals surface area contributed by atoms with Crippen LogP contribution in [0.2, 0.25) is 40.2 Å². The number of anilines is 4. The van der Waals surface area contributed by atoms with Crippen molar-refractivity contribution in [1.29, 1.82) is 0 Å². The maximum atomic E-state index is 13.7. The van der Waals surface area contributed by atoms with Crippen LogP contribution in [-0.4, -0.2) is 47.3 Å². The normalized spacial score (nSPS) is 12.2. The van der Waals surface area contributed by atoms with Crippen molar-refractivity contribution in [3.63, 3.8) is 0 Å². The van der Waals surface area contributed by atoms with Crippen LogP contribution >= 0.6 is 92.8 Å². The molecule has 5 aromatic rings. The minimum absolute atomic E-state index is 0.0431. The van der Waals surface area contributed by atoms with E-state index in [0.29, 0.717) is 29.7 Å². The van der Waals surface area contributed by atoms with Gasteiger partial charge in [-0.3, -0.25) is 28.8 Å². The first-order chi connectivity index (χ1) is 31.2. The zero-order valence-corrected chi connectivity index (χ0v) is 40.8. The molecule has 0 bridgehead atoms. The van der Waals surface area contributed by atoms with Crippen LogP contribution in [-0.2, 0) is 32.0 Å². The predicted molar refractivity (Wildman–Crippen MR) is 262 cm³/mol. The minimum Gasteiger partial charge on any atom is -0.324 e. The number of ketones is 2. The Hall–Kier alpha value is -5.16. The molecule has 4 amide bonds. The summed E-state index contributed by atoms with van der Waals surface area (Å²) in [7, 11) is 0. The number of nitrogens with one attached hydrogen (secondary N) is 4. The van der Waals surface area contributed by atoms with Gasteiger partial charge in [0.2, 0.25) is 12.1 Å². The van der Waals surface area contributed by atoms with Crippen molar-refractivity contribution in [2.75, 3.05) is 21.3 Å². The van der Waals surface area contributed by atoms with Crippen molar-refractivity contribution in [1.82, 2.24) is 0 Å². The summed E-state index contributed by atoms with van der Waals surface area (Å²) in [6.07, 6.45) is 0.714. The molecule has 0 aliphatic heterocycles. The zero-order valence-electron chi connectivity index (χ0n) is 34.8. The van der Waals surface area contributed by atoms with Crippen LogP contribution < -0.4 is 21.3 Å². The van der Waals surface area contributed by atoms with Gasteiger partial charge >= 0.3 is 0 Å². The quantitative estimate of drug-likeness (QED) is 0.0430. The van der Waals surface area contributed by atoms with E-state index in [0.717, 1.165) is 6.92 Å². The smallest absolute Gasteiger partial charge is 0.258 e. The monoisotopic (exact) mass is 1050 g/mol. The fourth-order valence-corrected chi connectivity index (χ4v) is 7.81. The lowest BCUT2D eigenvalue weighted by Gasteiger charge is -2.19. The molecule has 342 valence electrons. The van der Waals surface area contributed by atoms with E-state index in [9.17, 15) is 28.8 Å². The van der Waals surface area contributed by atoms with Crippen LogP contribution in [0.1, 0.15) is 59.5 Å². The Morgan fingerprint density at radius 3 is 1.24 bits per heavy atom. The van der Waals surface area contributed by atoms with Gasteiger partial charge < -0.3 is 21.3 Å². The third-order valence-electron chi connectivity index (χ3n) is 9.20. The van der Waals surface area contributed by atoms with Gasteiger partial charge in [0, 0.05) is 42.6 Å². The lowest BCUT2D eigenvalue weighted by atomic mass is 10.0. The predicted octanol–water partition coefficient (Wildman–Crippen LogP) is 13.9. The molecule has 0 aliphatic rings. The molecule has 0 aliphatic carbocycles. The van der Waals surface area contributed by atoms with E-state index < -0.39 is 47.3 Å². The summed E-state index contributed by atoms with van der Waals surface area (Å²) < 4.78 is 0. The first kappa shape index (κ1) is 51.8. The molecule has 66 heavy (non-hydrogen) atoms. The molecule has 0 radical (unpaired) electrons. The van der Waals surface area contributed by atoms with E-state index in [2.05, 4.69) is 41.7 Å². The molecule has 2 unspecified atom stereocenters. The lowest BCUT2D eigenvalue weighted by Crippen LogP contribution is -2.33. The van der Waals surface area contributed by atoms with Crippen LogP contribution in [0.4, 0.5) is 34.1 Å². The molecule has 0 aromatic heterocycles. The number of rotatable bonds is 16. The number of halogens is 8. The van der Waals surface area contributed by atoms with Crippen molar-refractivity contribution in [2.24, 2.45) is 20.5 Å². The van der Waals surface area contributed by atoms with Crippen LogP contribution in [0.3, 0.4) is 0 Å². The molecule has 2 atom stereocenters. The van der Waals surface area contributed by atoms with Crippen molar-refractivity contribution in [3.8, 4) is 0 Å². The number of benzene rings is 5. The van der Waals surface area contributed by atoms with E-state index in [1.54, 1.807) is 12.1 Å². The summed E-state index contributed by atoms with van der Waals surface area (Å²) in [4.78, 5) is 78.9. The number of azo groups is 2. The number of carbonyl (C=O) groups is 6. The summed E-state index contributed by atoms with van der Waals surface area (Å²) >= 11 is 49.3. The first-order valence-corrected chi connectivity index (χ1v) is 22.3. The van der Waals surface area contributed by atoms with Gasteiger partial charge in [-0.15, -0.1) is 0 Å². The van der Waals surface area contributed by atoms with Crippen LogP contribution in [0, 0.1) is 0 Å². The lowest BCUT2D eigenvalue weighted by molar-refractivity contribution is -0.127. The third kappa shape index (κ3) is 13.5. The number of amides is 4. The molecule has 0 fully saturated rings. The highest BCUT2D eigenvalue weighted by atomic mass is 35.5. The van der Waals surface area contributed by atoms with Crippen molar-refractivity contribution in [2.45, 2.75) is 52.6 Å². The van der Waals surface area contributed by atoms with Gasteiger partial charge in [-0.05, 0) is 111 Å². The number of nitrogens with zero attached hydrogens (tertiary/aromatic N) is 4. The van der Waals surface area contributed by atoms with E-state index >= 15 is 0 Å². The maximum Gasteiger partial charge on any atom is 0.258 e. The van der Waals surface area contributed by atoms with E-state index in [1.807, 2.05) is 13.8 Å². The van der Waals surface area contributed by atoms with Gasteiger partial charge in [-0.1, -0.05) is 107 Å². The van der Waals surface area contributed by atoms with E-state index in [1.165, 1.54) is 67.6 Å². The molecular weight excluding hydrogens is 1020 g/mol. The third-order valence-corrected chi connectivity index (χ3v) is 11.7. The maximum absolute atomic E-state index is 13.7. The SMILES string of the molecule is CCc1cc(NC(=O)C(N=Nc2cc(Cl)cc(C(=O)Nc3cc(Cl)cc(Cl)c3Cl)c2)C(C)=O)cc(CC)c1NC(=O)C(N=Nc1cc(Cl)cc(C(=O)Nc2cc(Cl)cc(Cl)c2Cl)c1)C(C)=O. The molecule has 0 heterocycles. The largest absolute Gasteiger partial charge is 0.324 e. The molecule has 14 nitrogen and oxygen atoms in total. The minimum atomic E-state index is -1.62.